The normalized spacial score (nSPS) is 39.5. The Balaban J connectivity index is 1.45. The predicted molar refractivity (Wildman–Crippen MR) is 143 cm³/mol. The maximum absolute atomic E-state index is 15.2. The fourth-order valence-corrected chi connectivity index (χ4v) is 9.16. The third-order valence-electron chi connectivity index (χ3n) is 11.5. The van der Waals surface area contributed by atoms with Crippen molar-refractivity contribution in [2.45, 2.75) is 114 Å². The Kier molecular flexibility index (Phi) is 6.85. The Morgan fingerprint density at radius 3 is 2.14 bits per heavy atom. The highest BCUT2D eigenvalue weighted by molar-refractivity contribution is 5.44. The van der Waals surface area contributed by atoms with Gasteiger partial charge in [-0.3, -0.25) is 0 Å². The van der Waals surface area contributed by atoms with Crippen LogP contribution in [-0.2, 0) is 16.1 Å². The summed E-state index contributed by atoms with van der Waals surface area (Å²) in [6, 6.07) is 6.97. The molecule has 0 amide bonds. The molecule has 1 aromatic carbocycles. The van der Waals surface area contributed by atoms with Gasteiger partial charge in [0.2, 0.25) is 0 Å². The van der Waals surface area contributed by atoms with Gasteiger partial charge in [0.25, 0.3) is 0 Å². The summed E-state index contributed by atoms with van der Waals surface area (Å²) in [4.78, 5) is 0. The summed E-state index contributed by atoms with van der Waals surface area (Å²) in [5, 5.41) is 33.2. The molecule has 3 N–H and O–H groups in total. The van der Waals surface area contributed by atoms with Crippen LogP contribution >= 0.6 is 0 Å². The van der Waals surface area contributed by atoms with Gasteiger partial charge in [-0.05, 0) is 67.1 Å². The number of aliphatic hydroxyl groups is 3. The lowest BCUT2D eigenvalue weighted by Gasteiger charge is -2.59. The molecule has 1 aromatic rings. The number of allylic oxidation sites excluding steroid dienone is 1. The molecule has 1 aliphatic heterocycles. The number of benzene rings is 1. The molecular weight excluding hydrogens is 559 g/mol. The Labute approximate surface area is 243 Å². The highest BCUT2D eigenvalue weighted by atomic mass is 19.4. The van der Waals surface area contributed by atoms with Crippen molar-refractivity contribution in [1.29, 1.82) is 0 Å². The minimum Gasteiger partial charge on any atom is -0.392 e. The first kappa shape index (κ1) is 30.4. The third kappa shape index (κ3) is 4.25. The van der Waals surface area contributed by atoms with Crippen LogP contribution in [0, 0.1) is 22.7 Å². The summed E-state index contributed by atoms with van der Waals surface area (Å²) in [7, 11) is 0. The lowest BCUT2D eigenvalue weighted by Crippen LogP contribution is -2.65. The van der Waals surface area contributed by atoms with E-state index in [1.54, 1.807) is 24.3 Å². The van der Waals surface area contributed by atoms with Crippen LogP contribution in [0.25, 0.3) is 0 Å². The molecule has 1 heterocycles. The lowest BCUT2D eigenvalue weighted by atomic mass is 9.49. The molecule has 1 spiro atoms. The average molecular weight is 601 g/mol. The van der Waals surface area contributed by atoms with Crippen molar-refractivity contribution >= 4 is 0 Å². The molecule has 5 aliphatic rings. The Bertz CT molecular complexity index is 1250. The van der Waals surface area contributed by atoms with Crippen molar-refractivity contribution in [1.82, 2.24) is 0 Å². The second-order valence-electron chi connectivity index (χ2n) is 14.6. The second kappa shape index (κ2) is 9.46. The number of fused-ring (bicyclic) bond motifs is 4. The first-order valence-electron chi connectivity index (χ1n) is 15.0. The van der Waals surface area contributed by atoms with Gasteiger partial charge in [0.1, 0.15) is 5.60 Å². The van der Waals surface area contributed by atoms with Crippen molar-refractivity contribution in [3.63, 3.8) is 0 Å². The van der Waals surface area contributed by atoms with Gasteiger partial charge < -0.3 is 24.8 Å². The van der Waals surface area contributed by atoms with Crippen LogP contribution < -0.4 is 0 Å². The topological polar surface area (TPSA) is 79.2 Å². The molecule has 5 unspecified atom stereocenters. The van der Waals surface area contributed by atoms with Crippen LogP contribution in [0.1, 0.15) is 89.2 Å². The summed E-state index contributed by atoms with van der Waals surface area (Å²) in [6.07, 6.45) is -4.71. The molecule has 5 nitrogen and oxygen atoms in total. The summed E-state index contributed by atoms with van der Waals surface area (Å²) in [5.41, 5.74) is -3.32. The summed E-state index contributed by atoms with van der Waals surface area (Å²) >= 11 is 0. The van der Waals surface area contributed by atoms with Crippen LogP contribution in [0.15, 0.2) is 35.4 Å². The Morgan fingerprint density at radius 1 is 0.905 bits per heavy atom. The van der Waals surface area contributed by atoms with Gasteiger partial charge in [-0.2, -0.15) is 22.0 Å². The molecule has 3 saturated carbocycles. The van der Waals surface area contributed by atoms with Crippen molar-refractivity contribution < 1.29 is 46.7 Å². The second-order valence-corrected chi connectivity index (χ2v) is 14.6. The van der Waals surface area contributed by atoms with Crippen molar-refractivity contribution in [2.24, 2.45) is 22.7 Å². The van der Waals surface area contributed by atoms with E-state index in [9.17, 15) is 28.5 Å². The van der Waals surface area contributed by atoms with E-state index in [1.165, 1.54) is 6.92 Å². The van der Waals surface area contributed by atoms with E-state index in [4.69, 9.17) is 9.47 Å². The molecule has 6 atom stereocenters. The largest absolute Gasteiger partial charge is 0.456 e. The molecule has 0 radical (unpaired) electrons. The number of aliphatic hydroxyl groups excluding tert-OH is 1. The van der Waals surface area contributed by atoms with Gasteiger partial charge in [0, 0.05) is 29.6 Å². The number of rotatable bonds is 3. The zero-order valence-electron chi connectivity index (χ0n) is 24.4. The van der Waals surface area contributed by atoms with E-state index in [0.29, 0.717) is 50.0 Å². The van der Waals surface area contributed by atoms with Crippen molar-refractivity contribution in [2.75, 3.05) is 13.2 Å². The summed E-state index contributed by atoms with van der Waals surface area (Å²) < 4.78 is 84.2. The van der Waals surface area contributed by atoms with Gasteiger partial charge in [-0.1, -0.05) is 50.6 Å². The third-order valence-corrected chi connectivity index (χ3v) is 11.5. The quantitative estimate of drug-likeness (QED) is 0.277. The number of halogens is 5. The molecule has 0 bridgehead atoms. The standard InChI is InChI=1S/C32H41F5O5/c1-26(2)17-41-29(42-18-26)12-9-24-25-21(8-11-28(24,39)16-29)23-10-13-30(40,31(33,34)32(35,36)37)27(23,3)14-22(25)20-6-4-19(15-38)5-7-20/h4-7,21-23,38-40H,8-18H2,1-3H3/t21?,22-,23?,27?,28?,30?/m1/s1. The maximum atomic E-state index is 15.2. The van der Waals surface area contributed by atoms with E-state index in [0.717, 1.165) is 11.1 Å². The number of hydrogen-bond donors (Lipinski definition) is 3. The maximum Gasteiger partial charge on any atom is 0.456 e. The van der Waals surface area contributed by atoms with E-state index in [2.05, 4.69) is 0 Å². The first-order valence-corrected chi connectivity index (χ1v) is 15.0. The van der Waals surface area contributed by atoms with E-state index in [-0.39, 0.29) is 37.2 Å². The Morgan fingerprint density at radius 2 is 1.55 bits per heavy atom. The monoisotopic (exact) mass is 600 g/mol. The van der Waals surface area contributed by atoms with Crippen LogP contribution in [0.3, 0.4) is 0 Å². The predicted octanol–water partition coefficient (Wildman–Crippen LogP) is 6.40. The molecular formula is C32H41F5O5. The molecule has 4 fully saturated rings. The zero-order chi connectivity index (χ0) is 30.6. The molecule has 0 aromatic heterocycles. The minimum atomic E-state index is -5.89. The van der Waals surface area contributed by atoms with Gasteiger partial charge in [0.15, 0.2) is 5.79 Å². The fourth-order valence-electron chi connectivity index (χ4n) is 9.16. The SMILES string of the molecule is CC1(C)COC2(CCC3=C4C(CCC3(O)C2)C2CCC(O)(C(F)(F)C(F)(F)F)C2(C)C[C@@H]4c2ccc(CO)cc2)OC1. The van der Waals surface area contributed by atoms with Gasteiger partial charge >= 0.3 is 12.1 Å². The van der Waals surface area contributed by atoms with Crippen LogP contribution in [-0.4, -0.2) is 57.6 Å². The Hall–Kier alpha value is -1.59. The number of hydrogen-bond acceptors (Lipinski definition) is 5. The summed E-state index contributed by atoms with van der Waals surface area (Å²) in [6.45, 7) is 6.29. The van der Waals surface area contributed by atoms with Gasteiger partial charge in [-0.25, -0.2) is 0 Å². The van der Waals surface area contributed by atoms with Crippen LogP contribution in [0.5, 0.6) is 0 Å². The van der Waals surface area contributed by atoms with Gasteiger partial charge in [-0.15, -0.1) is 0 Å². The minimum absolute atomic E-state index is 0.0416. The molecule has 42 heavy (non-hydrogen) atoms. The molecule has 10 heteroatoms. The smallest absolute Gasteiger partial charge is 0.392 e. The van der Waals surface area contributed by atoms with Crippen LogP contribution in [0.4, 0.5) is 22.0 Å². The van der Waals surface area contributed by atoms with Crippen molar-refractivity contribution in [3.8, 4) is 0 Å². The van der Waals surface area contributed by atoms with E-state index in [1.807, 2.05) is 13.8 Å². The molecule has 4 aliphatic carbocycles. The van der Waals surface area contributed by atoms with Crippen molar-refractivity contribution in [3.05, 3.63) is 46.5 Å². The van der Waals surface area contributed by atoms with Gasteiger partial charge in [0.05, 0.1) is 25.4 Å². The highest BCUT2D eigenvalue weighted by Crippen LogP contribution is 2.71. The number of alkyl halides is 5. The van der Waals surface area contributed by atoms with E-state index >= 15 is 8.78 Å². The highest BCUT2D eigenvalue weighted by Gasteiger charge is 2.79. The molecule has 234 valence electrons. The molecule has 1 saturated heterocycles. The zero-order valence-corrected chi connectivity index (χ0v) is 24.4. The summed E-state index contributed by atoms with van der Waals surface area (Å²) in [5.74, 6) is -7.75. The molecule has 6 rings (SSSR count). The van der Waals surface area contributed by atoms with Crippen LogP contribution in [0.2, 0.25) is 0 Å². The van der Waals surface area contributed by atoms with E-state index < -0.39 is 52.8 Å². The first-order chi connectivity index (χ1) is 19.4. The lowest BCUT2D eigenvalue weighted by molar-refractivity contribution is -0.362. The fraction of sp³-hybridized carbons (Fsp3) is 0.750. The average Bonchev–Trinajstić information content (AvgIpc) is 3.20. The number of ether oxygens (including phenoxy) is 2.